The highest BCUT2D eigenvalue weighted by atomic mass is 35.5. The molecule has 0 aliphatic carbocycles. The van der Waals surface area contributed by atoms with Crippen LogP contribution in [0.15, 0.2) is 42.5 Å². The van der Waals surface area contributed by atoms with E-state index in [1.807, 2.05) is 43.3 Å². The number of hydrogen-bond donors (Lipinski definition) is 0. The lowest BCUT2D eigenvalue weighted by atomic mass is 9.98. The fraction of sp³-hybridized carbons (Fsp3) is 0.381. The van der Waals surface area contributed by atoms with Gasteiger partial charge in [0.25, 0.3) is 0 Å². The van der Waals surface area contributed by atoms with E-state index in [2.05, 4.69) is 22.8 Å². The van der Waals surface area contributed by atoms with E-state index in [0.717, 1.165) is 48.9 Å². The number of ether oxygens (including phenoxy) is 2. The molecule has 0 N–H and O–H groups in total. The van der Waals surface area contributed by atoms with Gasteiger partial charge in [0.15, 0.2) is 0 Å². The van der Waals surface area contributed by atoms with E-state index in [1.54, 1.807) is 0 Å². The third-order valence-corrected chi connectivity index (χ3v) is 5.07. The van der Waals surface area contributed by atoms with Crippen LogP contribution in [0.3, 0.4) is 0 Å². The van der Waals surface area contributed by atoms with Gasteiger partial charge in [0.1, 0.15) is 12.4 Å². The number of hydrogen-bond acceptors (Lipinski definition) is 4. The van der Waals surface area contributed by atoms with Crippen molar-refractivity contribution in [2.24, 2.45) is 5.92 Å². The summed E-state index contributed by atoms with van der Waals surface area (Å²) in [5.41, 5.74) is 3.50. The predicted molar refractivity (Wildman–Crippen MR) is 109 cm³/mol. The molecule has 1 saturated heterocycles. The van der Waals surface area contributed by atoms with Crippen molar-refractivity contribution in [3.05, 3.63) is 53.1 Å². The summed E-state index contributed by atoms with van der Waals surface area (Å²) in [5, 5.41) is 0.710. The molecule has 0 bridgehead atoms. The Morgan fingerprint density at radius 3 is 2.63 bits per heavy atom. The average Bonchev–Trinajstić information content (AvgIpc) is 2.98. The number of anilines is 1. The van der Waals surface area contributed by atoms with Gasteiger partial charge in [-0.15, -0.1) is 0 Å². The molecule has 0 unspecified atom stereocenters. The van der Waals surface area contributed by atoms with Crippen molar-refractivity contribution < 1.29 is 9.47 Å². The molecule has 1 aromatic heterocycles. The van der Waals surface area contributed by atoms with Crippen molar-refractivity contribution in [3.8, 4) is 5.75 Å². The second-order valence-electron chi connectivity index (χ2n) is 7.19. The van der Waals surface area contributed by atoms with E-state index >= 15 is 0 Å². The molecule has 1 fully saturated rings. The first-order valence-electron chi connectivity index (χ1n) is 9.23. The normalized spacial score (nSPS) is 14.3. The van der Waals surface area contributed by atoms with Crippen molar-refractivity contribution in [3.63, 3.8) is 0 Å². The van der Waals surface area contributed by atoms with Crippen LogP contribution in [-0.4, -0.2) is 43.5 Å². The topological polar surface area (TPSA) is 39.5 Å². The van der Waals surface area contributed by atoms with Gasteiger partial charge < -0.3 is 18.9 Å². The summed E-state index contributed by atoms with van der Waals surface area (Å²) in [4.78, 5) is 6.84. The van der Waals surface area contributed by atoms with E-state index in [1.165, 1.54) is 5.56 Å². The Labute approximate surface area is 164 Å². The standard InChI is InChI=1S/C21H24ClN3O2/c1-24(2)21-23-19-8-3-15(11-16-13-26-14-16)12-20(19)25(21)9-10-27-18-6-4-17(22)5-7-18/h3-8,12,16H,9-11,13-14H2,1-2H3. The lowest BCUT2D eigenvalue weighted by Gasteiger charge is -2.25. The summed E-state index contributed by atoms with van der Waals surface area (Å²) in [6.45, 7) is 3.03. The highest BCUT2D eigenvalue weighted by Crippen LogP contribution is 2.25. The molecule has 3 aromatic rings. The minimum atomic E-state index is 0.564. The largest absolute Gasteiger partial charge is 0.492 e. The van der Waals surface area contributed by atoms with Crippen molar-refractivity contribution in [2.45, 2.75) is 13.0 Å². The highest BCUT2D eigenvalue weighted by Gasteiger charge is 2.20. The van der Waals surface area contributed by atoms with Gasteiger partial charge in [-0.3, -0.25) is 0 Å². The van der Waals surface area contributed by atoms with Crippen LogP contribution < -0.4 is 9.64 Å². The summed E-state index contributed by atoms with van der Waals surface area (Å²) in [7, 11) is 4.04. The minimum Gasteiger partial charge on any atom is -0.492 e. The quantitative estimate of drug-likeness (QED) is 0.615. The van der Waals surface area contributed by atoms with Crippen molar-refractivity contribution >= 4 is 28.6 Å². The van der Waals surface area contributed by atoms with Gasteiger partial charge in [0.05, 0.1) is 30.8 Å². The molecule has 2 heterocycles. The number of aromatic nitrogens is 2. The van der Waals surface area contributed by atoms with Gasteiger partial charge in [0.2, 0.25) is 5.95 Å². The number of halogens is 1. The zero-order chi connectivity index (χ0) is 18.8. The Hall–Kier alpha value is -2.24. The van der Waals surface area contributed by atoms with Gasteiger partial charge in [0, 0.05) is 25.0 Å². The third-order valence-electron chi connectivity index (χ3n) is 4.82. The molecular weight excluding hydrogens is 362 g/mol. The maximum absolute atomic E-state index is 5.93. The molecule has 6 heteroatoms. The Bertz CT molecular complexity index is 917. The molecule has 27 heavy (non-hydrogen) atoms. The van der Waals surface area contributed by atoms with E-state index in [9.17, 15) is 0 Å². The number of rotatable bonds is 7. The van der Waals surface area contributed by atoms with Gasteiger partial charge >= 0.3 is 0 Å². The van der Waals surface area contributed by atoms with Crippen LogP contribution >= 0.6 is 11.6 Å². The Morgan fingerprint density at radius 2 is 1.96 bits per heavy atom. The highest BCUT2D eigenvalue weighted by molar-refractivity contribution is 6.30. The van der Waals surface area contributed by atoms with Gasteiger partial charge in [-0.1, -0.05) is 17.7 Å². The zero-order valence-corrected chi connectivity index (χ0v) is 16.4. The van der Waals surface area contributed by atoms with Gasteiger partial charge in [-0.05, 0) is 48.4 Å². The fourth-order valence-electron chi connectivity index (χ4n) is 3.37. The summed E-state index contributed by atoms with van der Waals surface area (Å²) in [5.74, 6) is 2.40. The van der Waals surface area contributed by atoms with Crippen LogP contribution in [0.1, 0.15) is 5.56 Å². The molecule has 1 aliphatic heterocycles. The summed E-state index contributed by atoms with van der Waals surface area (Å²) in [6.07, 6.45) is 1.06. The second kappa shape index (κ2) is 7.79. The van der Waals surface area contributed by atoms with Crippen molar-refractivity contribution in [2.75, 3.05) is 38.8 Å². The van der Waals surface area contributed by atoms with Crippen molar-refractivity contribution in [1.29, 1.82) is 0 Å². The summed E-state index contributed by atoms with van der Waals surface area (Å²) in [6, 6.07) is 14.0. The molecule has 1 aliphatic rings. The predicted octanol–water partition coefficient (Wildman–Crippen LogP) is 4.02. The van der Waals surface area contributed by atoms with Crippen LogP contribution in [0.25, 0.3) is 11.0 Å². The van der Waals surface area contributed by atoms with Gasteiger partial charge in [-0.25, -0.2) is 4.98 Å². The van der Waals surface area contributed by atoms with E-state index in [-0.39, 0.29) is 0 Å². The molecule has 5 nitrogen and oxygen atoms in total. The number of benzene rings is 2. The van der Waals surface area contributed by atoms with Crippen LogP contribution in [0.4, 0.5) is 5.95 Å². The van der Waals surface area contributed by atoms with Gasteiger partial charge in [-0.2, -0.15) is 0 Å². The first-order chi connectivity index (χ1) is 13.1. The number of nitrogens with zero attached hydrogens (tertiary/aromatic N) is 3. The fourth-order valence-corrected chi connectivity index (χ4v) is 3.49. The first kappa shape index (κ1) is 18.1. The summed E-state index contributed by atoms with van der Waals surface area (Å²) >= 11 is 5.93. The average molecular weight is 386 g/mol. The molecule has 4 rings (SSSR count). The summed E-state index contributed by atoms with van der Waals surface area (Å²) < 4.78 is 13.4. The SMILES string of the molecule is CN(C)c1nc2ccc(CC3COC3)cc2n1CCOc1ccc(Cl)cc1. The van der Waals surface area contributed by atoms with E-state index < -0.39 is 0 Å². The lowest BCUT2D eigenvalue weighted by molar-refractivity contribution is -0.0312. The maximum Gasteiger partial charge on any atom is 0.206 e. The molecule has 0 spiro atoms. The minimum absolute atomic E-state index is 0.564. The van der Waals surface area contributed by atoms with Crippen LogP contribution in [0, 0.1) is 5.92 Å². The molecule has 0 amide bonds. The van der Waals surface area contributed by atoms with Crippen LogP contribution in [-0.2, 0) is 17.7 Å². The van der Waals surface area contributed by atoms with Crippen molar-refractivity contribution in [1.82, 2.24) is 9.55 Å². The molecular formula is C21H24ClN3O2. The first-order valence-corrected chi connectivity index (χ1v) is 9.60. The Kier molecular flexibility index (Phi) is 5.23. The maximum atomic E-state index is 5.93. The molecule has 0 saturated carbocycles. The van der Waals surface area contributed by atoms with Crippen LogP contribution in [0.5, 0.6) is 5.75 Å². The lowest BCUT2D eigenvalue weighted by Crippen LogP contribution is -2.29. The third kappa shape index (κ3) is 4.04. The molecule has 0 radical (unpaired) electrons. The second-order valence-corrected chi connectivity index (χ2v) is 7.63. The molecule has 142 valence electrons. The Morgan fingerprint density at radius 1 is 1.19 bits per heavy atom. The zero-order valence-electron chi connectivity index (χ0n) is 15.7. The molecule has 2 aromatic carbocycles. The molecule has 0 atom stereocenters. The van der Waals surface area contributed by atoms with E-state index in [4.69, 9.17) is 26.1 Å². The number of imidazole rings is 1. The Balaban J connectivity index is 1.55. The van der Waals surface area contributed by atoms with Crippen LogP contribution in [0.2, 0.25) is 5.02 Å². The smallest absolute Gasteiger partial charge is 0.206 e. The number of fused-ring (bicyclic) bond motifs is 1. The monoisotopic (exact) mass is 385 g/mol. The van der Waals surface area contributed by atoms with E-state index in [0.29, 0.717) is 17.5 Å².